The van der Waals surface area contributed by atoms with Gasteiger partial charge in [0.05, 0.1) is 23.7 Å². The number of carbonyl (C=O) groups is 1. The monoisotopic (exact) mass is 417 g/mol. The molecule has 30 heavy (non-hydrogen) atoms. The van der Waals surface area contributed by atoms with E-state index in [2.05, 4.69) is 15.3 Å². The Balaban J connectivity index is 1.83. The van der Waals surface area contributed by atoms with Gasteiger partial charge in [0.15, 0.2) is 0 Å². The molecular weight excluding hydrogens is 399 g/mol. The van der Waals surface area contributed by atoms with Gasteiger partial charge in [-0.05, 0) is 19.9 Å². The van der Waals surface area contributed by atoms with Crippen LogP contribution in [-0.4, -0.2) is 27.7 Å². The zero-order valence-corrected chi connectivity index (χ0v) is 16.2. The second kappa shape index (κ2) is 7.47. The Morgan fingerprint density at radius 1 is 1.27 bits per heavy atom. The normalized spacial score (nSPS) is 13.9. The van der Waals surface area contributed by atoms with Gasteiger partial charge in [-0.25, -0.2) is 27.9 Å². The van der Waals surface area contributed by atoms with Crippen molar-refractivity contribution in [2.45, 2.75) is 32.7 Å². The summed E-state index contributed by atoms with van der Waals surface area (Å²) in [6, 6.07) is 4.54. The first kappa shape index (κ1) is 19.9. The number of carboxylic acids is 1. The topological polar surface area (TPSA) is 84.3 Å². The van der Waals surface area contributed by atoms with Crippen LogP contribution in [0.15, 0.2) is 24.3 Å². The summed E-state index contributed by atoms with van der Waals surface area (Å²) in [5, 5.41) is 13.1. The maximum atomic E-state index is 14.6. The van der Waals surface area contributed by atoms with Gasteiger partial charge in [0, 0.05) is 22.9 Å². The second-order valence-corrected chi connectivity index (χ2v) is 7.07. The van der Waals surface area contributed by atoms with Crippen molar-refractivity contribution >= 4 is 22.7 Å². The molecule has 1 aliphatic rings. The van der Waals surface area contributed by atoms with Gasteiger partial charge >= 0.3 is 5.97 Å². The first-order chi connectivity index (χ1) is 14.3. The smallest absolute Gasteiger partial charge is 0.339 e. The predicted octanol–water partition coefficient (Wildman–Crippen LogP) is 4.82. The number of anilines is 1. The molecule has 4 rings (SSSR count). The Morgan fingerprint density at radius 2 is 2.00 bits per heavy atom. The fourth-order valence-corrected chi connectivity index (χ4v) is 3.70. The minimum absolute atomic E-state index is 0.0102. The van der Waals surface area contributed by atoms with Crippen LogP contribution in [0.2, 0.25) is 0 Å². The van der Waals surface area contributed by atoms with Gasteiger partial charge < -0.3 is 15.2 Å². The van der Waals surface area contributed by atoms with Crippen LogP contribution in [0.3, 0.4) is 0 Å². The number of aromatic nitrogens is 2. The number of aromatic carboxylic acids is 1. The standard InChI is InChI=1S/C21H18F3N3O3/c1-9(11-4-3-5-12(16(11)22)19(23)24)25-20-14-8-15(21(28)29)18-13(6-7-30-18)17(14)26-10(2)27-20/h3-5,8-9,19H,6-7H2,1-2H3,(H,28,29)(H,25,26,27)/t9-/m1/s1. The molecule has 1 atom stereocenters. The molecule has 0 aliphatic carbocycles. The Labute approximate surface area is 169 Å². The third kappa shape index (κ3) is 3.30. The van der Waals surface area contributed by atoms with Crippen molar-refractivity contribution in [2.24, 2.45) is 0 Å². The van der Waals surface area contributed by atoms with E-state index in [9.17, 15) is 23.1 Å². The number of benzene rings is 2. The fraction of sp³-hybridized carbons (Fsp3) is 0.286. The maximum absolute atomic E-state index is 14.6. The van der Waals surface area contributed by atoms with Gasteiger partial charge in [-0.15, -0.1) is 0 Å². The van der Waals surface area contributed by atoms with Crippen molar-refractivity contribution < 1.29 is 27.8 Å². The number of hydrogen-bond acceptors (Lipinski definition) is 5. The summed E-state index contributed by atoms with van der Waals surface area (Å²) < 4.78 is 46.2. The van der Waals surface area contributed by atoms with E-state index in [0.29, 0.717) is 46.9 Å². The Bertz CT molecular complexity index is 1170. The summed E-state index contributed by atoms with van der Waals surface area (Å²) in [7, 11) is 0. The molecule has 0 unspecified atom stereocenters. The number of nitrogens with one attached hydrogen (secondary N) is 1. The number of ether oxygens (including phenoxy) is 1. The van der Waals surface area contributed by atoms with Gasteiger partial charge in [-0.1, -0.05) is 18.2 Å². The van der Waals surface area contributed by atoms with Crippen molar-refractivity contribution in [3.8, 4) is 5.75 Å². The molecule has 0 bridgehead atoms. The minimum atomic E-state index is -2.93. The van der Waals surface area contributed by atoms with Crippen molar-refractivity contribution in [1.82, 2.24) is 9.97 Å². The Kier molecular flexibility index (Phi) is 4.97. The maximum Gasteiger partial charge on any atom is 0.339 e. The highest BCUT2D eigenvalue weighted by molar-refractivity contribution is 6.02. The highest BCUT2D eigenvalue weighted by Gasteiger charge is 2.27. The fourth-order valence-electron chi connectivity index (χ4n) is 3.70. The van der Waals surface area contributed by atoms with Crippen LogP contribution in [-0.2, 0) is 6.42 Å². The molecule has 9 heteroatoms. The average molecular weight is 417 g/mol. The predicted molar refractivity (Wildman–Crippen MR) is 104 cm³/mol. The van der Waals surface area contributed by atoms with E-state index in [1.165, 1.54) is 18.2 Å². The number of aryl methyl sites for hydroxylation is 1. The van der Waals surface area contributed by atoms with Gasteiger partial charge in [-0.2, -0.15) is 0 Å². The van der Waals surface area contributed by atoms with Crippen molar-refractivity contribution in [2.75, 3.05) is 11.9 Å². The summed E-state index contributed by atoms with van der Waals surface area (Å²) in [6.45, 7) is 3.65. The van der Waals surface area contributed by atoms with Gasteiger partial charge in [-0.3, -0.25) is 0 Å². The molecule has 6 nitrogen and oxygen atoms in total. The van der Waals surface area contributed by atoms with E-state index in [0.717, 1.165) is 6.07 Å². The van der Waals surface area contributed by atoms with Crippen molar-refractivity contribution in [3.05, 3.63) is 58.2 Å². The zero-order valence-electron chi connectivity index (χ0n) is 16.2. The van der Waals surface area contributed by atoms with Gasteiger partial charge in [0.25, 0.3) is 6.43 Å². The lowest BCUT2D eigenvalue weighted by Gasteiger charge is -2.19. The molecule has 3 aromatic rings. The summed E-state index contributed by atoms with van der Waals surface area (Å²) in [5.74, 6) is -1.11. The number of halogens is 3. The number of fused-ring (bicyclic) bond motifs is 3. The van der Waals surface area contributed by atoms with E-state index in [4.69, 9.17) is 4.74 Å². The Hall–Kier alpha value is -3.36. The SMILES string of the molecule is Cc1nc(N[C@H](C)c2cccc(C(F)F)c2F)c2cc(C(=O)O)c3c(c2n1)CCO3. The zero-order chi connectivity index (χ0) is 21.6. The lowest BCUT2D eigenvalue weighted by molar-refractivity contribution is 0.0693. The molecule has 0 amide bonds. The summed E-state index contributed by atoms with van der Waals surface area (Å²) in [5.41, 5.74) is 0.602. The molecule has 0 spiro atoms. The number of nitrogens with zero attached hydrogens (tertiary/aromatic N) is 2. The molecule has 2 aromatic carbocycles. The minimum Gasteiger partial charge on any atom is -0.492 e. The number of hydrogen-bond donors (Lipinski definition) is 2. The van der Waals surface area contributed by atoms with Gasteiger partial charge in [0.1, 0.15) is 28.8 Å². The molecule has 2 heterocycles. The highest BCUT2D eigenvalue weighted by atomic mass is 19.3. The molecule has 0 saturated heterocycles. The number of rotatable bonds is 5. The molecule has 0 fully saturated rings. The number of alkyl halides is 2. The summed E-state index contributed by atoms with van der Waals surface area (Å²) >= 11 is 0. The van der Waals surface area contributed by atoms with E-state index < -0.39 is 29.8 Å². The molecule has 0 radical (unpaired) electrons. The lowest BCUT2D eigenvalue weighted by atomic mass is 10.0. The third-order valence-electron chi connectivity index (χ3n) is 5.09. The molecule has 0 saturated carbocycles. The largest absolute Gasteiger partial charge is 0.492 e. The van der Waals surface area contributed by atoms with Crippen LogP contribution in [0.25, 0.3) is 10.9 Å². The first-order valence-electron chi connectivity index (χ1n) is 9.31. The molecule has 1 aromatic heterocycles. The van der Waals surface area contributed by atoms with Gasteiger partial charge in [0.2, 0.25) is 0 Å². The molecule has 2 N–H and O–H groups in total. The molecule has 1 aliphatic heterocycles. The van der Waals surface area contributed by atoms with Crippen LogP contribution in [0.1, 0.15) is 52.3 Å². The Morgan fingerprint density at radius 3 is 2.70 bits per heavy atom. The first-order valence-corrected chi connectivity index (χ1v) is 9.31. The lowest BCUT2D eigenvalue weighted by Crippen LogP contribution is -2.13. The van der Waals surface area contributed by atoms with E-state index >= 15 is 0 Å². The third-order valence-corrected chi connectivity index (χ3v) is 5.09. The molecular formula is C21H18F3N3O3. The number of carboxylic acid groups (broad SMARTS) is 1. The van der Waals surface area contributed by atoms with E-state index in [1.54, 1.807) is 13.8 Å². The summed E-state index contributed by atoms with van der Waals surface area (Å²) in [6.07, 6.45) is -2.43. The van der Waals surface area contributed by atoms with Crippen molar-refractivity contribution in [3.63, 3.8) is 0 Å². The van der Waals surface area contributed by atoms with Crippen LogP contribution < -0.4 is 10.1 Å². The van der Waals surface area contributed by atoms with Crippen LogP contribution in [0.4, 0.5) is 19.0 Å². The van der Waals surface area contributed by atoms with Crippen LogP contribution >= 0.6 is 0 Å². The van der Waals surface area contributed by atoms with E-state index in [-0.39, 0.29) is 11.1 Å². The van der Waals surface area contributed by atoms with Crippen molar-refractivity contribution in [1.29, 1.82) is 0 Å². The van der Waals surface area contributed by atoms with E-state index in [1.807, 2.05) is 0 Å². The average Bonchev–Trinajstić information content (AvgIpc) is 3.17. The second-order valence-electron chi connectivity index (χ2n) is 7.07. The van der Waals surface area contributed by atoms with Crippen LogP contribution in [0.5, 0.6) is 5.75 Å². The van der Waals surface area contributed by atoms with Crippen LogP contribution in [0, 0.1) is 12.7 Å². The summed E-state index contributed by atoms with van der Waals surface area (Å²) in [4.78, 5) is 20.5. The quantitative estimate of drug-likeness (QED) is 0.619. The molecule has 156 valence electrons. The highest BCUT2D eigenvalue weighted by Crippen LogP contribution is 2.38.